The first-order valence-corrected chi connectivity index (χ1v) is 9.51. The van der Waals surface area contributed by atoms with Gasteiger partial charge in [0.1, 0.15) is 11.4 Å². The standard InChI is InChI=1S/C19H24ClF3N4O2/c1-29-13-7-5-12(6-8-13)27(10-11-3-2-4-14(24)17(11)20)18(28)15(25)9-16(26)19(21,22)23/h2-4,12-13,25-26H,5-10,24H2,1H3. The molecule has 1 amide bonds. The highest BCUT2D eigenvalue weighted by Gasteiger charge is 2.37. The Morgan fingerprint density at radius 1 is 1.28 bits per heavy atom. The molecule has 29 heavy (non-hydrogen) atoms. The predicted molar refractivity (Wildman–Crippen MR) is 106 cm³/mol. The summed E-state index contributed by atoms with van der Waals surface area (Å²) in [5, 5.41) is 15.2. The van der Waals surface area contributed by atoms with Crippen molar-refractivity contribution in [3.05, 3.63) is 28.8 Å². The molecule has 0 spiro atoms. The summed E-state index contributed by atoms with van der Waals surface area (Å²) in [5.74, 6) is -0.835. The van der Waals surface area contributed by atoms with Crippen LogP contribution in [0.5, 0.6) is 0 Å². The second-order valence-electron chi connectivity index (χ2n) is 7.05. The Hall–Kier alpha value is -2.13. The monoisotopic (exact) mass is 432 g/mol. The molecule has 1 aromatic rings. The molecule has 2 rings (SSSR count). The van der Waals surface area contributed by atoms with Crippen molar-refractivity contribution in [2.45, 2.75) is 57.0 Å². The molecule has 0 bridgehead atoms. The summed E-state index contributed by atoms with van der Waals surface area (Å²) in [5.41, 5.74) is 4.29. The lowest BCUT2D eigenvalue weighted by Crippen LogP contribution is -2.46. The molecule has 1 aliphatic rings. The lowest BCUT2D eigenvalue weighted by atomic mass is 9.91. The zero-order valence-corrected chi connectivity index (χ0v) is 16.7. The Morgan fingerprint density at radius 3 is 2.45 bits per heavy atom. The normalized spacial score (nSPS) is 19.6. The average Bonchev–Trinajstić information content (AvgIpc) is 2.68. The molecule has 1 aliphatic carbocycles. The molecule has 10 heteroatoms. The summed E-state index contributed by atoms with van der Waals surface area (Å²) in [6, 6.07) is 4.69. The van der Waals surface area contributed by atoms with Gasteiger partial charge in [-0.05, 0) is 37.3 Å². The molecule has 0 aliphatic heterocycles. The lowest BCUT2D eigenvalue weighted by molar-refractivity contribution is -0.128. The van der Waals surface area contributed by atoms with E-state index >= 15 is 0 Å². The fourth-order valence-corrected chi connectivity index (χ4v) is 3.58. The van der Waals surface area contributed by atoms with Crippen molar-refractivity contribution < 1.29 is 22.7 Å². The van der Waals surface area contributed by atoms with Gasteiger partial charge in [0, 0.05) is 26.1 Å². The number of anilines is 1. The summed E-state index contributed by atoms with van der Waals surface area (Å²) in [6.07, 6.45) is -3.30. The van der Waals surface area contributed by atoms with E-state index in [2.05, 4.69) is 0 Å². The van der Waals surface area contributed by atoms with Crippen LogP contribution >= 0.6 is 11.6 Å². The number of amides is 1. The number of rotatable bonds is 7. The van der Waals surface area contributed by atoms with Gasteiger partial charge >= 0.3 is 6.18 Å². The van der Waals surface area contributed by atoms with Gasteiger partial charge in [-0.3, -0.25) is 10.2 Å². The molecule has 0 atom stereocenters. The highest BCUT2D eigenvalue weighted by atomic mass is 35.5. The van der Waals surface area contributed by atoms with Crippen LogP contribution in [0.15, 0.2) is 18.2 Å². The third kappa shape index (κ3) is 5.93. The number of hydrogen-bond donors (Lipinski definition) is 3. The van der Waals surface area contributed by atoms with Crippen molar-refractivity contribution in [1.82, 2.24) is 4.90 Å². The number of carbonyl (C=O) groups excluding carboxylic acids is 1. The van der Waals surface area contributed by atoms with Gasteiger partial charge in [0.15, 0.2) is 0 Å². The van der Waals surface area contributed by atoms with Gasteiger partial charge in [-0.15, -0.1) is 0 Å². The third-order valence-corrected chi connectivity index (χ3v) is 5.54. The Morgan fingerprint density at radius 2 is 1.90 bits per heavy atom. The Labute approximate surface area is 172 Å². The van der Waals surface area contributed by atoms with Crippen molar-refractivity contribution in [2.24, 2.45) is 0 Å². The highest BCUT2D eigenvalue weighted by Crippen LogP contribution is 2.30. The maximum Gasteiger partial charge on any atom is 0.429 e. The van der Waals surface area contributed by atoms with Crippen molar-refractivity contribution in [3.63, 3.8) is 0 Å². The van der Waals surface area contributed by atoms with Gasteiger partial charge in [-0.2, -0.15) is 13.2 Å². The Kier molecular flexibility index (Phi) is 7.65. The smallest absolute Gasteiger partial charge is 0.398 e. The molecular weight excluding hydrogens is 409 g/mol. The summed E-state index contributed by atoms with van der Waals surface area (Å²) in [7, 11) is 1.61. The second-order valence-corrected chi connectivity index (χ2v) is 7.43. The van der Waals surface area contributed by atoms with Crippen molar-refractivity contribution >= 4 is 34.6 Å². The molecule has 1 saturated carbocycles. The van der Waals surface area contributed by atoms with Crippen LogP contribution in [0.25, 0.3) is 0 Å². The SMILES string of the molecule is COC1CCC(N(Cc2cccc(N)c2Cl)C(=O)C(=N)CC(=N)C(F)(F)F)CC1. The Balaban J connectivity index is 2.24. The van der Waals surface area contributed by atoms with Gasteiger partial charge in [0.05, 0.1) is 16.8 Å². The first kappa shape index (κ1) is 23.2. The molecule has 1 fully saturated rings. The number of nitrogens with zero attached hydrogens (tertiary/aromatic N) is 1. The van der Waals surface area contributed by atoms with Crippen LogP contribution in [0, 0.1) is 10.8 Å². The van der Waals surface area contributed by atoms with Crippen LogP contribution < -0.4 is 5.73 Å². The summed E-state index contributed by atoms with van der Waals surface area (Å²) >= 11 is 6.23. The minimum Gasteiger partial charge on any atom is -0.398 e. The first-order valence-electron chi connectivity index (χ1n) is 9.13. The van der Waals surface area contributed by atoms with E-state index < -0.39 is 29.9 Å². The molecule has 0 radical (unpaired) electrons. The molecule has 0 heterocycles. The van der Waals surface area contributed by atoms with E-state index in [0.29, 0.717) is 36.9 Å². The maximum atomic E-state index is 12.9. The fourth-order valence-electron chi connectivity index (χ4n) is 3.39. The molecule has 6 nitrogen and oxygen atoms in total. The number of carbonyl (C=O) groups is 1. The summed E-state index contributed by atoms with van der Waals surface area (Å²) in [4.78, 5) is 14.3. The summed E-state index contributed by atoms with van der Waals surface area (Å²) < 4.78 is 43.3. The lowest BCUT2D eigenvalue weighted by Gasteiger charge is -2.37. The fraction of sp³-hybridized carbons (Fsp3) is 0.526. The number of ether oxygens (including phenoxy) is 1. The number of nitrogens with one attached hydrogen (secondary N) is 2. The van der Waals surface area contributed by atoms with Crippen LogP contribution in [0.4, 0.5) is 18.9 Å². The number of nitrogens with two attached hydrogens (primary N) is 1. The van der Waals surface area contributed by atoms with Gasteiger partial charge in [0.2, 0.25) is 0 Å². The van der Waals surface area contributed by atoms with Gasteiger partial charge in [-0.1, -0.05) is 23.7 Å². The van der Waals surface area contributed by atoms with E-state index in [1.165, 1.54) is 4.90 Å². The van der Waals surface area contributed by atoms with E-state index in [4.69, 9.17) is 32.9 Å². The van der Waals surface area contributed by atoms with Gasteiger partial charge in [0.25, 0.3) is 5.91 Å². The van der Waals surface area contributed by atoms with Crippen LogP contribution in [0.2, 0.25) is 5.02 Å². The van der Waals surface area contributed by atoms with Crippen molar-refractivity contribution in [3.8, 4) is 0 Å². The number of hydrogen-bond acceptors (Lipinski definition) is 5. The molecule has 1 aromatic carbocycles. The highest BCUT2D eigenvalue weighted by molar-refractivity contribution is 6.41. The topological polar surface area (TPSA) is 103 Å². The minimum absolute atomic E-state index is 0.0206. The van der Waals surface area contributed by atoms with Crippen LogP contribution in [0.1, 0.15) is 37.7 Å². The molecule has 0 unspecified atom stereocenters. The number of halogens is 4. The number of alkyl halides is 3. The second kappa shape index (κ2) is 9.58. The zero-order valence-electron chi connectivity index (χ0n) is 16.0. The molecule has 0 aromatic heterocycles. The molecular formula is C19H24ClF3N4O2. The molecule has 160 valence electrons. The Bertz CT molecular complexity index is 777. The van der Waals surface area contributed by atoms with Crippen molar-refractivity contribution in [2.75, 3.05) is 12.8 Å². The van der Waals surface area contributed by atoms with E-state index in [-0.39, 0.29) is 23.7 Å². The minimum atomic E-state index is -4.87. The van der Waals surface area contributed by atoms with Crippen LogP contribution in [-0.4, -0.2) is 47.7 Å². The zero-order chi connectivity index (χ0) is 21.8. The van der Waals surface area contributed by atoms with E-state index in [1.807, 2.05) is 0 Å². The number of benzene rings is 1. The quantitative estimate of drug-likeness (QED) is 0.444. The van der Waals surface area contributed by atoms with Crippen LogP contribution in [-0.2, 0) is 16.1 Å². The van der Waals surface area contributed by atoms with Crippen molar-refractivity contribution in [1.29, 1.82) is 10.8 Å². The predicted octanol–water partition coefficient (Wildman–Crippen LogP) is 4.20. The largest absolute Gasteiger partial charge is 0.429 e. The first-order chi connectivity index (χ1) is 13.5. The van der Waals surface area contributed by atoms with Gasteiger partial charge < -0.3 is 20.8 Å². The van der Waals surface area contributed by atoms with E-state index in [0.717, 1.165) is 0 Å². The molecule has 0 saturated heterocycles. The van der Waals surface area contributed by atoms with E-state index in [9.17, 15) is 18.0 Å². The van der Waals surface area contributed by atoms with E-state index in [1.54, 1.807) is 25.3 Å². The maximum absolute atomic E-state index is 12.9. The summed E-state index contributed by atoms with van der Waals surface area (Å²) in [6.45, 7) is 0.0206. The number of nitrogen functional groups attached to an aromatic ring is 1. The molecule has 4 N–H and O–H groups in total. The number of methoxy groups -OCH3 is 1. The third-order valence-electron chi connectivity index (χ3n) is 5.08. The van der Waals surface area contributed by atoms with Gasteiger partial charge in [-0.25, -0.2) is 0 Å². The van der Waals surface area contributed by atoms with Crippen LogP contribution in [0.3, 0.4) is 0 Å². The average molecular weight is 433 g/mol.